The second-order valence-electron chi connectivity index (χ2n) is 6.59. The molecule has 0 bridgehead atoms. The normalized spacial score (nSPS) is 26.0. The Labute approximate surface area is 125 Å². The average Bonchev–Trinajstić information content (AvgIpc) is 2.59. The van der Waals surface area contributed by atoms with Crippen molar-refractivity contribution in [3.63, 3.8) is 0 Å². The number of ether oxygens (including phenoxy) is 1. The lowest BCUT2D eigenvalue weighted by Gasteiger charge is -2.32. The fourth-order valence-corrected chi connectivity index (χ4v) is 2.35. The summed E-state index contributed by atoms with van der Waals surface area (Å²) in [6.07, 6.45) is -0.472. The molecule has 2 aliphatic heterocycles. The second kappa shape index (κ2) is 4.48. The van der Waals surface area contributed by atoms with Gasteiger partial charge in [0.1, 0.15) is 5.75 Å². The molecular weight excluding hydrogens is 269 g/mol. The van der Waals surface area contributed by atoms with Crippen LogP contribution >= 0.6 is 0 Å². The molecule has 5 nitrogen and oxygen atoms in total. The largest absolute Gasteiger partial charge is 0.494 e. The molecule has 1 aromatic rings. The summed E-state index contributed by atoms with van der Waals surface area (Å²) in [6.45, 7) is 9.77. The molecule has 2 heterocycles. The number of fused-ring (bicyclic) bond motifs is 1. The van der Waals surface area contributed by atoms with E-state index in [9.17, 15) is 4.79 Å². The van der Waals surface area contributed by atoms with Crippen LogP contribution < -0.4 is 15.5 Å². The van der Waals surface area contributed by atoms with Crippen molar-refractivity contribution in [2.24, 2.45) is 0 Å². The number of benzene rings is 1. The van der Waals surface area contributed by atoms with E-state index in [1.165, 1.54) is 0 Å². The summed E-state index contributed by atoms with van der Waals surface area (Å²) in [4.78, 5) is 11.7. The molecule has 1 saturated heterocycles. The summed E-state index contributed by atoms with van der Waals surface area (Å²) in [5.41, 5.74) is 0.750. The molecule has 1 amide bonds. The molecule has 112 valence electrons. The second-order valence-corrected chi connectivity index (χ2v) is 6.59. The number of hydrogen-bond donors (Lipinski definition) is 1. The Morgan fingerprint density at radius 2 is 1.76 bits per heavy atom. The highest BCUT2D eigenvalue weighted by Gasteiger charge is 2.51. The lowest BCUT2D eigenvalue weighted by atomic mass is 9.79. The smallest absolute Gasteiger partial charge is 0.479 e. The van der Waals surface area contributed by atoms with Gasteiger partial charge in [0.2, 0.25) is 0 Å². The van der Waals surface area contributed by atoms with Gasteiger partial charge in [0.15, 0.2) is 6.10 Å². The highest BCUT2D eigenvalue weighted by molar-refractivity contribution is 6.62. The molecule has 6 heteroatoms. The Morgan fingerprint density at radius 1 is 1.14 bits per heavy atom. The van der Waals surface area contributed by atoms with Crippen LogP contribution in [0.1, 0.15) is 34.6 Å². The zero-order valence-corrected chi connectivity index (χ0v) is 13.0. The van der Waals surface area contributed by atoms with Crippen LogP contribution in [0.4, 0.5) is 5.69 Å². The highest BCUT2D eigenvalue weighted by atomic mass is 16.7. The quantitative estimate of drug-likeness (QED) is 0.800. The molecule has 1 unspecified atom stereocenters. The van der Waals surface area contributed by atoms with Gasteiger partial charge in [0.25, 0.3) is 5.91 Å². The number of carbonyl (C=O) groups excluding carboxylic acids is 1. The minimum Gasteiger partial charge on any atom is -0.479 e. The van der Waals surface area contributed by atoms with E-state index >= 15 is 0 Å². The average molecular weight is 289 g/mol. The fraction of sp³-hybridized carbons (Fsp3) is 0.533. The third kappa shape index (κ3) is 2.32. The first-order chi connectivity index (χ1) is 9.69. The number of hydrogen-bond acceptors (Lipinski definition) is 4. The van der Waals surface area contributed by atoms with Crippen LogP contribution in [0.15, 0.2) is 18.2 Å². The van der Waals surface area contributed by atoms with Crippen LogP contribution in [0, 0.1) is 0 Å². The minimum absolute atomic E-state index is 0.145. The molecule has 21 heavy (non-hydrogen) atoms. The van der Waals surface area contributed by atoms with Gasteiger partial charge in [-0.25, -0.2) is 0 Å². The Hall–Kier alpha value is -1.53. The van der Waals surface area contributed by atoms with Crippen molar-refractivity contribution in [1.29, 1.82) is 0 Å². The maximum atomic E-state index is 11.7. The monoisotopic (exact) mass is 289 g/mol. The summed E-state index contributed by atoms with van der Waals surface area (Å²) in [5, 5.41) is 2.84. The third-order valence-electron chi connectivity index (χ3n) is 4.46. The minimum atomic E-state index is -0.472. The molecule has 2 aliphatic rings. The molecule has 0 radical (unpaired) electrons. The van der Waals surface area contributed by atoms with Crippen LogP contribution in [-0.2, 0) is 14.1 Å². The molecule has 0 spiro atoms. The van der Waals surface area contributed by atoms with E-state index in [0.717, 1.165) is 5.46 Å². The lowest BCUT2D eigenvalue weighted by Crippen LogP contribution is -2.41. The number of carbonyl (C=O) groups is 1. The van der Waals surface area contributed by atoms with Crippen molar-refractivity contribution >= 4 is 24.2 Å². The van der Waals surface area contributed by atoms with E-state index in [1.54, 1.807) is 6.92 Å². The van der Waals surface area contributed by atoms with Gasteiger partial charge in [0, 0.05) is 0 Å². The van der Waals surface area contributed by atoms with Crippen LogP contribution in [0.2, 0.25) is 0 Å². The number of rotatable bonds is 1. The topological polar surface area (TPSA) is 56.8 Å². The number of amides is 1. The van der Waals surface area contributed by atoms with Gasteiger partial charge >= 0.3 is 7.12 Å². The third-order valence-corrected chi connectivity index (χ3v) is 4.46. The fourth-order valence-electron chi connectivity index (χ4n) is 2.35. The van der Waals surface area contributed by atoms with Gasteiger partial charge in [-0.3, -0.25) is 4.79 Å². The van der Waals surface area contributed by atoms with E-state index < -0.39 is 13.2 Å². The molecule has 1 fully saturated rings. The Bertz CT molecular complexity index is 583. The Balaban J connectivity index is 1.89. The summed E-state index contributed by atoms with van der Waals surface area (Å²) in [5.74, 6) is 0.524. The lowest BCUT2D eigenvalue weighted by molar-refractivity contribution is -0.122. The van der Waals surface area contributed by atoms with Gasteiger partial charge in [-0.15, -0.1) is 0 Å². The Morgan fingerprint density at radius 3 is 2.38 bits per heavy atom. The number of anilines is 1. The Kier molecular flexibility index (Phi) is 3.08. The molecule has 0 aliphatic carbocycles. The zero-order chi connectivity index (χ0) is 15.4. The van der Waals surface area contributed by atoms with Crippen LogP contribution in [0.25, 0.3) is 0 Å². The maximum absolute atomic E-state index is 11.7. The summed E-state index contributed by atoms with van der Waals surface area (Å²) >= 11 is 0. The molecule has 0 aromatic heterocycles. The van der Waals surface area contributed by atoms with Crippen molar-refractivity contribution in [3.05, 3.63) is 18.2 Å². The van der Waals surface area contributed by atoms with Crippen LogP contribution in [-0.4, -0.2) is 30.3 Å². The first-order valence-electron chi connectivity index (χ1n) is 7.17. The van der Waals surface area contributed by atoms with Crippen molar-refractivity contribution < 1.29 is 18.8 Å². The van der Waals surface area contributed by atoms with Crippen LogP contribution in [0.5, 0.6) is 5.75 Å². The van der Waals surface area contributed by atoms with Crippen molar-refractivity contribution in [2.45, 2.75) is 51.9 Å². The predicted octanol–water partition coefficient (Wildman–Crippen LogP) is 1.71. The summed E-state index contributed by atoms with van der Waals surface area (Å²) in [6, 6.07) is 5.60. The zero-order valence-electron chi connectivity index (χ0n) is 13.0. The molecule has 1 aromatic carbocycles. The first kappa shape index (κ1) is 14.4. The van der Waals surface area contributed by atoms with Crippen molar-refractivity contribution in [1.82, 2.24) is 0 Å². The summed E-state index contributed by atoms with van der Waals surface area (Å²) in [7, 11) is -0.448. The van der Waals surface area contributed by atoms with Gasteiger partial charge < -0.3 is 19.4 Å². The van der Waals surface area contributed by atoms with E-state index in [-0.39, 0.29) is 17.1 Å². The highest BCUT2D eigenvalue weighted by Crippen LogP contribution is 2.37. The maximum Gasteiger partial charge on any atom is 0.494 e. The SMILES string of the molecule is CC1Oc2ccc(B3OC(C)(C)C(C)(C)O3)cc2NC1=O. The predicted molar refractivity (Wildman–Crippen MR) is 80.9 cm³/mol. The molecular formula is C15H20BNO4. The van der Waals surface area contributed by atoms with Gasteiger partial charge in [0.05, 0.1) is 16.9 Å². The first-order valence-corrected chi connectivity index (χ1v) is 7.17. The van der Waals surface area contributed by atoms with Crippen LogP contribution in [0.3, 0.4) is 0 Å². The molecule has 1 N–H and O–H groups in total. The van der Waals surface area contributed by atoms with Crippen molar-refractivity contribution in [2.75, 3.05) is 5.32 Å². The number of nitrogens with one attached hydrogen (secondary N) is 1. The van der Waals surface area contributed by atoms with Crippen molar-refractivity contribution in [3.8, 4) is 5.75 Å². The van der Waals surface area contributed by atoms with Gasteiger partial charge in [-0.1, -0.05) is 6.07 Å². The molecule has 1 atom stereocenters. The van der Waals surface area contributed by atoms with Gasteiger partial charge in [-0.05, 0) is 52.2 Å². The van der Waals surface area contributed by atoms with E-state index in [2.05, 4.69) is 5.32 Å². The summed E-state index contributed by atoms with van der Waals surface area (Å²) < 4.78 is 17.6. The van der Waals surface area contributed by atoms with Gasteiger partial charge in [-0.2, -0.15) is 0 Å². The molecule has 3 rings (SSSR count). The van der Waals surface area contributed by atoms with E-state index in [1.807, 2.05) is 45.9 Å². The molecule has 0 saturated carbocycles. The van der Waals surface area contributed by atoms with E-state index in [4.69, 9.17) is 14.0 Å². The standard InChI is InChI=1S/C15H20BNO4/c1-9-13(18)17-11-8-10(6-7-12(11)19-9)16-20-14(2,3)15(4,5)21-16/h6-9H,1-5H3,(H,17,18). The van der Waals surface area contributed by atoms with E-state index in [0.29, 0.717) is 11.4 Å².